The maximum Gasteiger partial charge on any atom is 0.303 e. The van der Waals surface area contributed by atoms with Crippen molar-refractivity contribution in [2.45, 2.75) is 49.5 Å². The van der Waals surface area contributed by atoms with Crippen molar-refractivity contribution in [1.82, 2.24) is 9.88 Å². The molecule has 0 saturated carbocycles. The Balaban J connectivity index is 1.31. The van der Waals surface area contributed by atoms with Crippen molar-refractivity contribution in [3.8, 4) is 5.75 Å². The van der Waals surface area contributed by atoms with Gasteiger partial charge in [0.25, 0.3) is 0 Å². The Morgan fingerprint density at radius 1 is 1.18 bits per heavy atom. The lowest BCUT2D eigenvalue weighted by molar-refractivity contribution is -0.137. The zero-order valence-corrected chi connectivity index (χ0v) is 22.7. The summed E-state index contributed by atoms with van der Waals surface area (Å²) in [5.74, 6) is 1.40. The number of hydrogen-bond acceptors (Lipinski definition) is 6. The van der Waals surface area contributed by atoms with Crippen LogP contribution in [0.1, 0.15) is 50.2 Å². The maximum absolute atomic E-state index is 13.1. The van der Waals surface area contributed by atoms with Gasteiger partial charge >= 0.3 is 5.97 Å². The zero-order valence-electron chi connectivity index (χ0n) is 21.9. The lowest BCUT2D eigenvalue weighted by Gasteiger charge is -2.39. The number of aliphatic hydroxyl groups excluding tert-OH is 1. The minimum absolute atomic E-state index is 0.173. The highest BCUT2D eigenvalue weighted by atomic mass is 32.2. The number of aliphatic hydroxyl groups is 1. The number of halogens is 1. The molecule has 1 fully saturated rings. The van der Waals surface area contributed by atoms with E-state index in [1.165, 1.54) is 12.1 Å². The van der Waals surface area contributed by atoms with Gasteiger partial charge in [-0.15, -0.1) is 11.8 Å². The molecule has 0 spiro atoms. The molecule has 2 unspecified atom stereocenters. The van der Waals surface area contributed by atoms with E-state index in [2.05, 4.69) is 9.88 Å². The normalized spacial score (nSPS) is 18.9. The number of nitrogens with zero attached hydrogens (tertiary/aromatic N) is 2. The van der Waals surface area contributed by atoms with Gasteiger partial charge in [0, 0.05) is 29.4 Å². The van der Waals surface area contributed by atoms with E-state index in [0.717, 1.165) is 71.8 Å². The van der Waals surface area contributed by atoms with Gasteiger partial charge in [0.2, 0.25) is 0 Å². The van der Waals surface area contributed by atoms with Crippen LogP contribution in [-0.2, 0) is 4.79 Å². The first-order valence-corrected chi connectivity index (χ1v) is 14.3. The molecule has 0 bridgehead atoms. The van der Waals surface area contributed by atoms with Crippen LogP contribution in [-0.4, -0.2) is 58.6 Å². The Labute approximate surface area is 228 Å². The van der Waals surface area contributed by atoms with Crippen molar-refractivity contribution < 1.29 is 24.1 Å². The van der Waals surface area contributed by atoms with Crippen molar-refractivity contribution in [3.05, 3.63) is 66.1 Å². The number of methoxy groups -OCH3 is 1. The van der Waals surface area contributed by atoms with Crippen molar-refractivity contribution in [3.63, 3.8) is 0 Å². The summed E-state index contributed by atoms with van der Waals surface area (Å²) in [4.78, 5) is 19.3. The number of pyridine rings is 1. The molecule has 1 saturated heterocycles. The molecule has 0 radical (unpaired) electrons. The minimum atomic E-state index is -0.756. The first-order chi connectivity index (χ1) is 18.4. The second-order valence-electron chi connectivity index (χ2n) is 10.1. The smallest absolute Gasteiger partial charge is 0.303 e. The molecule has 3 aromatic rings. The molecule has 4 rings (SSSR count). The summed E-state index contributed by atoms with van der Waals surface area (Å²) in [6.07, 6.45) is 5.46. The van der Waals surface area contributed by atoms with E-state index in [0.29, 0.717) is 24.7 Å². The molecule has 2 N–H and O–H groups in total. The summed E-state index contributed by atoms with van der Waals surface area (Å²) < 4.78 is 18.5. The summed E-state index contributed by atoms with van der Waals surface area (Å²) in [6.45, 7) is 2.85. The number of carbonyl (C=O) groups is 1. The molecule has 0 amide bonds. The quantitative estimate of drug-likeness (QED) is 0.198. The van der Waals surface area contributed by atoms with Gasteiger partial charge in [0.15, 0.2) is 0 Å². The Morgan fingerprint density at radius 2 is 2.00 bits per heavy atom. The molecule has 1 aliphatic rings. The summed E-state index contributed by atoms with van der Waals surface area (Å²) in [7, 11) is 1.63. The third-order valence-corrected chi connectivity index (χ3v) is 8.66. The van der Waals surface area contributed by atoms with Gasteiger partial charge in [-0.25, -0.2) is 4.39 Å². The van der Waals surface area contributed by atoms with Gasteiger partial charge in [0.1, 0.15) is 11.6 Å². The predicted molar refractivity (Wildman–Crippen MR) is 149 cm³/mol. The molecule has 2 aromatic carbocycles. The highest BCUT2D eigenvalue weighted by Gasteiger charge is 2.30. The number of aliphatic carboxylic acids is 1. The molecule has 6 nitrogen and oxygen atoms in total. The van der Waals surface area contributed by atoms with E-state index < -0.39 is 12.1 Å². The highest BCUT2D eigenvalue weighted by molar-refractivity contribution is 7.99. The Hall–Kier alpha value is -2.68. The molecule has 1 aromatic heterocycles. The molecule has 0 aliphatic carbocycles. The van der Waals surface area contributed by atoms with Gasteiger partial charge in [-0.3, -0.25) is 9.78 Å². The van der Waals surface area contributed by atoms with Crippen LogP contribution in [0.25, 0.3) is 10.9 Å². The van der Waals surface area contributed by atoms with Crippen molar-refractivity contribution in [2.24, 2.45) is 11.8 Å². The largest absolute Gasteiger partial charge is 0.497 e. The third kappa shape index (κ3) is 7.91. The summed E-state index contributed by atoms with van der Waals surface area (Å²) in [6, 6.07) is 14.2. The number of ether oxygens (including phenoxy) is 1. The molecule has 2 heterocycles. The van der Waals surface area contributed by atoms with Crippen LogP contribution < -0.4 is 4.74 Å². The average Bonchev–Trinajstić information content (AvgIpc) is 2.93. The number of piperidine rings is 1. The molecule has 38 heavy (non-hydrogen) atoms. The molecule has 1 aliphatic heterocycles. The van der Waals surface area contributed by atoms with E-state index in [4.69, 9.17) is 4.74 Å². The standard InChI is InChI=1S/C30H37FN2O4S/c1-37-24-7-10-28-27(19-24)26(13-15-32-28)29(34)11-3-21-14-17-33(20-22(21)4-12-30(35)36)16-2-18-38-25-8-5-23(31)6-9-25/h5-10,13,15,19,21-22,29,34H,2-4,11-12,14,16-18,20H2,1H3,(H,35,36)/t21?,22?,29-/m0/s1. The highest BCUT2D eigenvalue weighted by Crippen LogP contribution is 2.35. The fourth-order valence-corrected chi connectivity index (χ4v) is 6.31. The van der Waals surface area contributed by atoms with Crippen LogP contribution in [0.4, 0.5) is 4.39 Å². The number of aromatic nitrogens is 1. The summed E-state index contributed by atoms with van der Waals surface area (Å²) in [5, 5.41) is 21.3. The number of benzene rings is 2. The van der Waals surface area contributed by atoms with E-state index >= 15 is 0 Å². The molecular weight excluding hydrogens is 503 g/mol. The SMILES string of the molecule is COc1ccc2nccc([C@@H](O)CCC3CCN(CCCSc4ccc(F)cc4)CC3CCC(=O)O)c2c1. The van der Waals surface area contributed by atoms with Gasteiger partial charge in [-0.1, -0.05) is 0 Å². The van der Waals surface area contributed by atoms with E-state index in [1.807, 2.05) is 36.4 Å². The summed E-state index contributed by atoms with van der Waals surface area (Å²) >= 11 is 1.73. The van der Waals surface area contributed by atoms with E-state index in [9.17, 15) is 19.4 Å². The number of carboxylic acids is 1. The van der Waals surface area contributed by atoms with E-state index in [1.54, 1.807) is 25.1 Å². The number of carboxylic acid groups (broad SMARTS) is 1. The maximum atomic E-state index is 13.1. The van der Waals surface area contributed by atoms with E-state index in [-0.39, 0.29) is 12.2 Å². The van der Waals surface area contributed by atoms with Crippen molar-refractivity contribution in [2.75, 3.05) is 32.5 Å². The molecule has 3 atom stereocenters. The number of rotatable bonds is 13. The molecular formula is C30H37FN2O4S. The Morgan fingerprint density at radius 3 is 2.76 bits per heavy atom. The van der Waals surface area contributed by atoms with Crippen molar-refractivity contribution in [1.29, 1.82) is 0 Å². The minimum Gasteiger partial charge on any atom is -0.497 e. The third-order valence-electron chi connectivity index (χ3n) is 7.56. The monoisotopic (exact) mass is 540 g/mol. The van der Waals surface area contributed by atoms with Crippen LogP contribution in [0.3, 0.4) is 0 Å². The first-order valence-electron chi connectivity index (χ1n) is 13.4. The number of likely N-dealkylation sites (tertiary alicyclic amines) is 1. The van der Waals surface area contributed by atoms with Crippen LogP contribution in [0.15, 0.2) is 59.6 Å². The molecule has 204 valence electrons. The fraction of sp³-hybridized carbons (Fsp3) is 0.467. The molecule has 8 heteroatoms. The lowest BCUT2D eigenvalue weighted by atomic mass is 9.79. The van der Waals surface area contributed by atoms with Gasteiger partial charge in [-0.05, 0) is 117 Å². The summed E-state index contributed by atoms with van der Waals surface area (Å²) in [5.41, 5.74) is 1.68. The number of thioether (sulfide) groups is 1. The van der Waals surface area contributed by atoms with Crippen molar-refractivity contribution >= 4 is 28.6 Å². The number of hydrogen-bond donors (Lipinski definition) is 2. The number of fused-ring (bicyclic) bond motifs is 1. The second-order valence-corrected chi connectivity index (χ2v) is 11.2. The lowest BCUT2D eigenvalue weighted by Crippen LogP contribution is -2.41. The van der Waals surface area contributed by atoms with Crippen LogP contribution >= 0.6 is 11.8 Å². The topological polar surface area (TPSA) is 82.9 Å². The van der Waals surface area contributed by atoms with Crippen LogP contribution in [0.5, 0.6) is 5.75 Å². The fourth-order valence-electron chi connectivity index (χ4n) is 5.48. The van der Waals surface area contributed by atoms with Crippen LogP contribution in [0.2, 0.25) is 0 Å². The van der Waals surface area contributed by atoms with Gasteiger partial charge in [0.05, 0.1) is 18.7 Å². The zero-order chi connectivity index (χ0) is 26.9. The second kappa shape index (κ2) is 13.9. The van der Waals surface area contributed by atoms with Gasteiger partial charge in [-0.2, -0.15) is 0 Å². The Bertz CT molecular complexity index is 1190. The van der Waals surface area contributed by atoms with Gasteiger partial charge < -0.3 is 19.8 Å². The Kier molecular flexibility index (Phi) is 10.4. The van der Waals surface area contributed by atoms with Crippen LogP contribution in [0, 0.1) is 17.7 Å². The predicted octanol–water partition coefficient (Wildman–Crippen LogP) is 6.18. The average molecular weight is 541 g/mol. The first kappa shape index (κ1) is 28.3.